The zero-order valence-electron chi connectivity index (χ0n) is 15.7. The molecule has 2 unspecified atom stereocenters. The first-order valence-corrected chi connectivity index (χ1v) is 9.44. The van der Waals surface area contributed by atoms with Crippen LogP contribution in [-0.4, -0.2) is 22.4 Å². The number of hydrogen-bond donors (Lipinski definition) is 0. The van der Waals surface area contributed by atoms with E-state index >= 15 is 0 Å². The number of para-hydroxylation sites is 2. The van der Waals surface area contributed by atoms with E-state index < -0.39 is 0 Å². The number of furan rings is 1. The summed E-state index contributed by atoms with van der Waals surface area (Å²) in [5.41, 5.74) is 1.34. The zero-order chi connectivity index (χ0) is 19.0. The summed E-state index contributed by atoms with van der Waals surface area (Å²) in [6.45, 7) is 3.14. The van der Waals surface area contributed by atoms with E-state index in [2.05, 4.69) is 6.92 Å². The highest BCUT2D eigenvalue weighted by atomic mass is 16.4. The Morgan fingerprint density at radius 2 is 2.00 bits per heavy atom. The van der Waals surface area contributed by atoms with Crippen molar-refractivity contribution in [1.82, 2.24) is 9.47 Å². The van der Waals surface area contributed by atoms with E-state index in [1.807, 2.05) is 30.3 Å². The molecule has 1 aliphatic rings. The number of carbonyl (C=O) groups excluding carboxylic acids is 1. The van der Waals surface area contributed by atoms with Crippen molar-refractivity contribution in [3.05, 3.63) is 58.5 Å². The monoisotopic (exact) mass is 368 g/mol. The normalized spacial score (nSPS) is 18.7. The first-order valence-electron chi connectivity index (χ1n) is 9.44. The van der Waals surface area contributed by atoms with Crippen LogP contribution in [0.3, 0.4) is 0 Å². The van der Waals surface area contributed by atoms with Gasteiger partial charge in [0.25, 0.3) is 0 Å². The second-order valence-electron chi connectivity index (χ2n) is 7.46. The van der Waals surface area contributed by atoms with Crippen molar-refractivity contribution in [1.29, 1.82) is 0 Å². The minimum atomic E-state index is -0.380. The number of aromatic nitrogens is 1. The van der Waals surface area contributed by atoms with Crippen LogP contribution in [-0.2, 0) is 17.9 Å². The van der Waals surface area contributed by atoms with E-state index in [-0.39, 0.29) is 11.7 Å². The van der Waals surface area contributed by atoms with Crippen LogP contribution in [0.25, 0.3) is 11.1 Å². The Hall–Kier alpha value is -2.76. The maximum atomic E-state index is 12.4. The van der Waals surface area contributed by atoms with Crippen LogP contribution in [0.5, 0.6) is 0 Å². The molecule has 4 rings (SSSR count). The SMILES string of the molecule is CC1CC1c1ccc(CN(C)C(=O)CCCn2c(=O)oc3ccccc32)o1. The smallest absolute Gasteiger partial charge is 0.419 e. The number of rotatable bonds is 7. The van der Waals surface area contributed by atoms with Gasteiger partial charge in [-0.3, -0.25) is 9.36 Å². The Morgan fingerprint density at radius 3 is 2.78 bits per heavy atom. The minimum Gasteiger partial charge on any atom is -0.464 e. The van der Waals surface area contributed by atoms with E-state index in [0.29, 0.717) is 43.3 Å². The summed E-state index contributed by atoms with van der Waals surface area (Å²) in [6.07, 6.45) is 2.13. The molecule has 0 bridgehead atoms. The maximum Gasteiger partial charge on any atom is 0.419 e. The average Bonchev–Trinajstić information content (AvgIpc) is 3.06. The number of aryl methyl sites for hydroxylation is 1. The first kappa shape index (κ1) is 17.6. The van der Waals surface area contributed by atoms with E-state index in [0.717, 1.165) is 17.0 Å². The summed E-state index contributed by atoms with van der Waals surface area (Å²) in [6, 6.07) is 11.3. The summed E-state index contributed by atoms with van der Waals surface area (Å²) < 4.78 is 12.7. The molecular weight excluding hydrogens is 344 g/mol. The van der Waals surface area contributed by atoms with E-state index in [1.54, 1.807) is 22.6 Å². The molecule has 2 atom stereocenters. The number of oxazole rings is 1. The predicted molar refractivity (Wildman–Crippen MR) is 101 cm³/mol. The molecule has 0 N–H and O–H groups in total. The molecule has 27 heavy (non-hydrogen) atoms. The molecular formula is C21H24N2O4. The third-order valence-corrected chi connectivity index (χ3v) is 5.32. The van der Waals surface area contributed by atoms with E-state index in [9.17, 15) is 9.59 Å². The predicted octanol–water partition coefficient (Wildman–Crippen LogP) is 3.75. The molecule has 1 aromatic carbocycles. The van der Waals surface area contributed by atoms with Crippen LogP contribution in [0.15, 0.2) is 50.0 Å². The molecule has 1 saturated carbocycles. The Balaban J connectivity index is 1.30. The topological polar surface area (TPSA) is 68.6 Å². The molecule has 0 radical (unpaired) electrons. The third kappa shape index (κ3) is 3.70. The zero-order valence-corrected chi connectivity index (χ0v) is 15.7. The molecule has 6 nitrogen and oxygen atoms in total. The van der Waals surface area contributed by atoms with Gasteiger partial charge in [-0.25, -0.2) is 4.79 Å². The second kappa shape index (κ2) is 7.10. The van der Waals surface area contributed by atoms with Gasteiger partial charge in [0.15, 0.2) is 5.58 Å². The van der Waals surface area contributed by atoms with Crippen LogP contribution < -0.4 is 5.76 Å². The van der Waals surface area contributed by atoms with Crippen LogP contribution in [0.2, 0.25) is 0 Å². The Kier molecular flexibility index (Phi) is 4.64. The van der Waals surface area contributed by atoms with Crippen molar-refractivity contribution in [2.45, 2.75) is 45.2 Å². The summed E-state index contributed by atoms with van der Waals surface area (Å²) in [5, 5.41) is 0. The van der Waals surface area contributed by atoms with Gasteiger partial charge in [0.05, 0.1) is 12.1 Å². The number of carbonyl (C=O) groups is 1. The lowest BCUT2D eigenvalue weighted by molar-refractivity contribution is -0.130. The van der Waals surface area contributed by atoms with Gasteiger partial charge in [-0.2, -0.15) is 0 Å². The summed E-state index contributed by atoms with van der Waals surface area (Å²) in [5.74, 6) is 2.75. The molecule has 142 valence electrons. The van der Waals surface area contributed by atoms with Crippen LogP contribution >= 0.6 is 0 Å². The lowest BCUT2D eigenvalue weighted by Gasteiger charge is -2.15. The number of amides is 1. The fourth-order valence-electron chi connectivity index (χ4n) is 3.52. The summed E-state index contributed by atoms with van der Waals surface area (Å²) in [4.78, 5) is 26.0. The number of fused-ring (bicyclic) bond motifs is 1. The molecule has 1 aliphatic carbocycles. The minimum absolute atomic E-state index is 0.0357. The number of hydrogen-bond acceptors (Lipinski definition) is 4. The number of benzene rings is 1. The molecule has 0 spiro atoms. The Bertz CT molecular complexity index is 1010. The largest absolute Gasteiger partial charge is 0.464 e. The Labute approximate surface area is 157 Å². The standard InChI is InChI=1S/C21H24N2O4/c1-14-12-16(14)18-10-9-15(26-18)13-22(2)20(24)8-5-11-23-17-6-3-4-7-19(17)27-21(23)25/h3-4,6-7,9-10,14,16H,5,8,11-13H2,1-2H3. The highest BCUT2D eigenvalue weighted by molar-refractivity contribution is 5.76. The van der Waals surface area contributed by atoms with Gasteiger partial charge in [0, 0.05) is 25.9 Å². The number of nitrogens with zero attached hydrogens (tertiary/aromatic N) is 2. The molecule has 3 aromatic rings. The lowest BCUT2D eigenvalue weighted by Crippen LogP contribution is -2.26. The molecule has 0 aliphatic heterocycles. The van der Waals surface area contributed by atoms with Crippen LogP contribution in [0, 0.1) is 5.92 Å². The van der Waals surface area contributed by atoms with Gasteiger partial charge in [0.1, 0.15) is 11.5 Å². The fraction of sp³-hybridized carbons (Fsp3) is 0.429. The van der Waals surface area contributed by atoms with Gasteiger partial charge in [-0.15, -0.1) is 0 Å². The van der Waals surface area contributed by atoms with Crippen molar-refractivity contribution in [2.75, 3.05) is 7.05 Å². The Morgan fingerprint density at radius 1 is 1.22 bits per heavy atom. The maximum absolute atomic E-state index is 12.4. The van der Waals surface area contributed by atoms with Crippen LogP contribution in [0.4, 0.5) is 0 Å². The van der Waals surface area contributed by atoms with E-state index in [4.69, 9.17) is 8.83 Å². The van der Waals surface area contributed by atoms with E-state index in [1.165, 1.54) is 6.42 Å². The first-order chi connectivity index (χ1) is 13.0. The molecule has 2 heterocycles. The molecule has 1 amide bonds. The van der Waals surface area contributed by atoms with Gasteiger partial charge in [0.2, 0.25) is 5.91 Å². The van der Waals surface area contributed by atoms with Crippen molar-refractivity contribution < 1.29 is 13.6 Å². The molecule has 6 heteroatoms. The summed E-state index contributed by atoms with van der Waals surface area (Å²) >= 11 is 0. The second-order valence-corrected chi connectivity index (χ2v) is 7.46. The highest BCUT2D eigenvalue weighted by Gasteiger charge is 2.36. The lowest BCUT2D eigenvalue weighted by atomic mass is 10.2. The average molecular weight is 368 g/mol. The molecule has 1 fully saturated rings. The van der Waals surface area contributed by atoms with Crippen molar-refractivity contribution in [3.8, 4) is 0 Å². The fourth-order valence-corrected chi connectivity index (χ4v) is 3.52. The van der Waals surface area contributed by atoms with Gasteiger partial charge in [-0.05, 0) is 43.0 Å². The summed E-state index contributed by atoms with van der Waals surface area (Å²) in [7, 11) is 1.78. The van der Waals surface area contributed by atoms with Crippen molar-refractivity contribution in [3.63, 3.8) is 0 Å². The third-order valence-electron chi connectivity index (χ3n) is 5.32. The molecule has 0 saturated heterocycles. The highest BCUT2D eigenvalue weighted by Crippen LogP contribution is 2.47. The van der Waals surface area contributed by atoms with Gasteiger partial charge < -0.3 is 13.7 Å². The van der Waals surface area contributed by atoms with Gasteiger partial charge in [-0.1, -0.05) is 19.1 Å². The molecule has 2 aromatic heterocycles. The van der Waals surface area contributed by atoms with Crippen LogP contribution in [0.1, 0.15) is 43.6 Å². The van der Waals surface area contributed by atoms with Gasteiger partial charge >= 0.3 is 5.76 Å². The quantitative estimate of drug-likeness (QED) is 0.637. The van der Waals surface area contributed by atoms with Crippen molar-refractivity contribution >= 4 is 17.0 Å². The van der Waals surface area contributed by atoms with Crippen molar-refractivity contribution in [2.24, 2.45) is 5.92 Å².